The Hall–Kier alpha value is -3.08. The predicted octanol–water partition coefficient (Wildman–Crippen LogP) is 3.18. The number of aryl methyl sites for hydroxylation is 1. The molecule has 0 bridgehead atoms. The molecule has 23 heavy (non-hydrogen) atoms. The van der Waals surface area contributed by atoms with E-state index in [1.165, 1.54) is 4.68 Å². The largest absolute Gasteiger partial charge is 0.497 e. The van der Waals surface area contributed by atoms with Gasteiger partial charge in [0.25, 0.3) is 5.56 Å². The van der Waals surface area contributed by atoms with E-state index >= 15 is 0 Å². The van der Waals surface area contributed by atoms with Crippen LogP contribution in [0.2, 0.25) is 0 Å². The minimum Gasteiger partial charge on any atom is -0.497 e. The van der Waals surface area contributed by atoms with Crippen LogP contribution in [0.4, 0.5) is 0 Å². The molecular weight excluding hydrogens is 290 g/mol. The van der Waals surface area contributed by atoms with Crippen molar-refractivity contribution in [3.05, 3.63) is 64.6 Å². The highest BCUT2D eigenvalue weighted by atomic mass is 16.5. The lowest BCUT2D eigenvalue weighted by molar-refractivity contribution is 0.414. The first-order valence-corrected chi connectivity index (χ1v) is 7.32. The van der Waals surface area contributed by atoms with Crippen LogP contribution in [0.5, 0.6) is 5.75 Å². The zero-order valence-electron chi connectivity index (χ0n) is 12.8. The minimum absolute atomic E-state index is 0.121. The first kappa shape index (κ1) is 13.6. The van der Waals surface area contributed by atoms with Crippen LogP contribution in [0, 0.1) is 6.92 Å². The smallest absolute Gasteiger partial charge is 0.280 e. The van der Waals surface area contributed by atoms with E-state index in [-0.39, 0.29) is 5.56 Å². The topological polar surface area (TPSA) is 59.9 Å². The van der Waals surface area contributed by atoms with Gasteiger partial charge in [-0.05, 0) is 31.2 Å². The highest BCUT2D eigenvalue weighted by Gasteiger charge is 2.12. The first-order chi connectivity index (χ1) is 11.2. The Labute approximate surface area is 132 Å². The van der Waals surface area contributed by atoms with Gasteiger partial charge in [0.2, 0.25) is 0 Å². The summed E-state index contributed by atoms with van der Waals surface area (Å²) in [6.45, 7) is 2.02. The fourth-order valence-corrected chi connectivity index (χ4v) is 2.80. The van der Waals surface area contributed by atoms with E-state index in [1.807, 2.05) is 49.4 Å². The third-order valence-corrected chi connectivity index (χ3v) is 3.99. The Morgan fingerprint density at radius 1 is 1.13 bits per heavy atom. The molecule has 0 atom stereocenters. The first-order valence-electron chi connectivity index (χ1n) is 7.32. The van der Waals surface area contributed by atoms with Crippen LogP contribution in [-0.4, -0.2) is 21.9 Å². The zero-order chi connectivity index (χ0) is 16.0. The summed E-state index contributed by atoms with van der Waals surface area (Å²) in [6.07, 6.45) is 1.63. The number of fused-ring (bicyclic) bond motifs is 3. The molecule has 4 aromatic rings. The number of nitrogens with zero attached hydrogens (tertiary/aromatic N) is 2. The molecule has 114 valence electrons. The lowest BCUT2D eigenvalue weighted by atomic mass is 10.1. The fourth-order valence-electron chi connectivity index (χ4n) is 2.80. The maximum absolute atomic E-state index is 12.7. The van der Waals surface area contributed by atoms with Gasteiger partial charge in [-0.25, -0.2) is 4.68 Å². The number of aromatic nitrogens is 3. The number of hydrogen-bond acceptors (Lipinski definition) is 3. The Morgan fingerprint density at radius 2 is 2.00 bits per heavy atom. The quantitative estimate of drug-likeness (QED) is 0.619. The third kappa shape index (κ3) is 2.09. The van der Waals surface area contributed by atoms with Gasteiger partial charge in [-0.2, -0.15) is 0 Å². The molecule has 5 nitrogen and oxygen atoms in total. The van der Waals surface area contributed by atoms with Crippen molar-refractivity contribution in [1.82, 2.24) is 14.8 Å². The molecule has 0 aliphatic carbocycles. The molecule has 2 aromatic carbocycles. The van der Waals surface area contributed by atoms with E-state index in [9.17, 15) is 4.79 Å². The maximum Gasteiger partial charge on any atom is 0.280 e. The van der Waals surface area contributed by atoms with Crippen LogP contribution in [0.25, 0.3) is 27.5 Å². The van der Waals surface area contributed by atoms with Crippen molar-refractivity contribution in [2.45, 2.75) is 6.92 Å². The molecule has 0 aliphatic heterocycles. The number of H-pyrrole nitrogens is 1. The monoisotopic (exact) mass is 305 g/mol. The van der Waals surface area contributed by atoms with Gasteiger partial charge in [0.05, 0.1) is 29.2 Å². The highest BCUT2D eigenvalue weighted by molar-refractivity contribution is 6.03. The summed E-state index contributed by atoms with van der Waals surface area (Å²) < 4.78 is 6.76. The number of nitrogens with one attached hydrogen (secondary N) is 1. The van der Waals surface area contributed by atoms with Gasteiger partial charge in [-0.1, -0.05) is 17.7 Å². The minimum atomic E-state index is -0.121. The summed E-state index contributed by atoms with van der Waals surface area (Å²) in [7, 11) is 1.60. The summed E-state index contributed by atoms with van der Waals surface area (Å²) in [5, 5.41) is 4.73. The van der Waals surface area contributed by atoms with Crippen molar-refractivity contribution in [3.63, 3.8) is 0 Å². The molecule has 4 rings (SSSR count). The van der Waals surface area contributed by atoms with Crippen molar-refractivity contribution in [1.29, 1.82) is 0 Å². The number of rotatable bonds is 2. The molecule has 2 aromatic heterocycles. The van der Waals surface area contributed by atoms with Gasteiger partial charge >= 0.3 is 0 Å². The Balaban J connectivity index is 2.05. The van der Waals surface area contributed by atoms with Crippen molar-refractivity contribution in [2.75, 3.05) is 7.11 Å². The lowest BCUT2D eigenvalue weighted by Crippen LogP contribution is -2.14. The molecule has 0 saturated heterocycles. The Kier molecular flexibility index (Phi) is 2.94. The molecule has 0 spiro atoms. The second-order valence-corrected chi connectivity index (χ2v) is 5.52. The van der Waals surface area contributed by atoms with E-state index in [1.54, 1.807) is 13.3 Å². The number of pyridine rings is 1. The number of ether oxygens (including phenoxy) is 1. The highest BCUT2D eigenvalue weighted by Crippen LogP contribution is 2.22. The van der Waals surface area contributed by atoms with Crippen LogP contribution >= 0.6 is 0 Å². The molecule has 0 amide bonds. The van der Waals surface area contributed by atoms with Gasteiger partial charge in [-0.15, -0.1) is 0 Å². The Bertz CT molecular complexity index is 1090. The molecule has 0 unspecified atom stereocenters. The van der Waals surface area contributed by atoms with Gasteiger partial charge < -0.3 is 4.74 Å². The number of methoxy groups -OCH3 is 1. The average Bonchev–Trinajstić information content (AvgIpc) is 2.92. The predicted molar refractivity (Wildman–Crippen MR) is 90.5 cm³/mol. The summed E-state index contributed by atoms with van der Waals surface area (Å²) in [5.41, 5.74) is 3.39. The van der Waals surface area contributed by atoms with E-state index in [0.29, 0.717) is 11.1 Å². The fraction of sp³-hybridized carbons (Fsp3) is 0.111. The second-order valence-electron chi connectivity index (χ2n) is 5.52. The number of aromatic amines is 1. The molecule has 0 fully saturated rings. The zero-order valence-corrected chi connectivity index (χ0v) is 12.8. The molecule has 2 heterocycles. The molecule has 0 radical (unpaired) electrons. The van der Waals surface area contributed by atoms with E-state index in [0.717, 1.165) is 27.7 Å². The van der Waals surface area contributed by atoms with Crippen molar-refractivity contribution in [2.24, 2.45) is 0 Å². The van der Waals surface area contributed by atoms with Crippen LogP contribution in [-0.2, 0) is 0 Å². The Morgan fingerprint density at radius 3 is 2.83 bits per heavy atom. The molecular formula is C18H15N3O2. The van der Waals surface area contributed by atoms with E-state index in [2.05, 4.69) is 10.1 Å². The molecule has 0 aliphatic rings. The van der Waals surface area contributed by atoms with E-state index in [4.69, 9.17) is 4.74 Å². The van der Waals surface area contributed by atoms with Crippen LogP contribution in [0.15, 0.2) is 53.5 Å². The van der Waals surface area contributed by atoms with E-state index < -0.39 is 0 Å². The summed E-state index contributed by atoms with van der Waals surface area (Å²) >= 11 is 0. The summed E-state index contributed by atoms with van der Waals surface area (Å²) in [4.78, 5) is 17.1. The standard InChI is InChI=1S/C18H15N3O2/c1-11-6-7-16-14(8-11)17-15(10-19-16)18(22)21(20-17)12-4-3-5-13(9-12)23-2/h3-10,20H,1-2H3. The van der Waals surface area contributed by atoms with Crippen molar-refractivity contribution in [3.8, 4) is 11.4 Å². The van der Waals surface area contributed by atoms with Crippen molar-refractivity contribution >= 4 is 21.8 Å². The third-order valence-electron chi connectivity index (χ3n) is 3.99. The average molecular weight is 305 g/mol. The molecule has 0 saturated carbocycles. The van der Waals surface area contributed by atoms with Gasteiger partial charge in [0.1, 0.15) is 5.75 Å². The summed E-state index contributed by atoms with van der Waals surface area (Å²) in [5.74, 6) is 0.701. The molecule has 5 heteroatoms. The SMILES string of the molecule is COc1cccc(-n2[nH]c3c(cnc4ccc(C)cc43)c2=O)c1. The van der Waals surface area contributed by atoms with Gasteiger partial charge in [-0.3, -0.25) is 14.9 Å². The lowest BCUT2D eigenvalue weighted by Gasteiger charge is -2.04. The number of hydrogen-bond donors (Lipinski definition) is 1. The van der Waals surface area contributed by atoms with Crippen LogP contribution < -0.4 is 10.3 Å². The normalized spacial score (nSPS) is 11.2. The van der Waals surface area contributed by atoms with Gasteiger partial charge in [0, 0.05) is 17.6 Å². The van der Waals surface area contributed by atoms with Crippen molar-refractivity contribution < 1.29 is 4.74 Å². The van der Waals surface area contributed by atoms with Crippen LogP contribution in [0.1, 0.15) is 5.56 Å². The molecule has 1 N–H and O–H groups in total. The van der Waals surface area contributed by atoms with Gasteiger partial charge in [0.15, 0.2) is 0 Å². The second kappa shape index (κ2) is 4.98. The maximum atomic E-state index is 12.7. The number of benzene rings is 2. The van der Waals surface area contributed by atoms with Crippen LogP contribution in [0.3, 0.4) is 0 Å². The summed E-state index contributed by atoms with van der Waals surface area (Å²) in [6, 6.07) is 13.4.